The fourth-order valence-electron chi connectivity index (χ4n) is 2.44. The van der Waals surface area contributed by atoms with Crippen LogP contribution in [0.3, 0.4) is 0 Å². The first-order valence-electron chi connectivity index (χ1n) is 7.45. The van der Waals surface area contributed by atoms with Crippen LogP contribution in [0.1, 0.15) is 40.5 Å². The summed E-state index contributed by atoms with van der Waals surface area (Å²) in [6.45, 7) is 8.34. The molecule has 1 aliphatic heterocycles. The lowest BCUT2D eigenvalue weighted by molar-refractivity contribution is -0.143. The van der Waals surface area contributed by atoms with Crippen molar-refractivity contribution in [3.05, 3.63) is 0 Å². The summed E-state index contributed by atoms with van der Waals surface area (Å²) in [5, 5.41) is 9.42. The number of amides is 1. The van der Waals surface area contributed by atoms with E-state index < -0.39 is 5.60 Å². The number of piperidine rings is 1. The normalized spacial score (nSPS) is 18.2. The Morgan fingerprint density at radius 3 is 2.29 bits per heavy atom. The summed E-state index contributed by atoms with van der Waals surface area (Å²) < 4.78 is 10.3. The number of rotatable bonds is 4. The van der Waals surface area contributed by atoms with Crippen LogP contribution in [0.25, 0.3) is 0 Å². The van der Waals surface area contributed by atoms with E-state index in [1.165, 1.54) is 6.92 Å². The van der Waals surface area contributed by atoms with E-state index in [1.807, 2.05) is 20.8 Å². The van der Waals surface area contributed by atoms with E-state index in [2.05, 4.69) is 0 Å². The van der Waals surface area contributed by atoms with Crippen molar-refractivity contribution in [2.24, 2.45) is 11.8 Å². The predicted octanol–water partition coefficient (Wildman–Crippen LogP) is 1.81. The van der Waals surface area contributed by atoms with Crippen LogP contribution in [-0.2, 0) is 14.3 Å². The number of aliphatic hydroxyl groups is 1. The van der Waals surface area contributed by atoms with E-state index in [-0.39, 0.29) is 37.1 Å². The highest BCUT2D eigenvalue weighted by atomic mass is 16.6. The van der Waals surface area contributed by atoms with Crippen LogP contribution in [-0.4, -0.2) is 54.0 Å². The van der Waals surface area contributed by atoms with Gasteiger partial charge in [0, 0.05) is 32.5 Å². The monoisotopic (exact) mass is 301 g/mol. The van der Waals surface area contributed by atoms with Crippen molar-refractivity contribution in [2.45, 2.75) is 46.1 Å². The predicted molar refractivity (Wildman–Crippen MR) is 77.7 cm³/mol. The average Bonchev–Trinajstić information content (AvgIpc) is 2.37. The van der Waals surface area contributed by atoms with E-state index in [1.54, 1.807) is 4.90 Å². The number of ether oxygens (including phenoxy) is 2. The molecule has 1 heterocycles. The Bertz CT molecular complexity index is 356. The van der Waals surface area contributed by atoms with Crippen LogP contribution in [0.4, 0.5) is 4.79 Å². The number of esters is 1. The summed E-state index contributed by atoms with van der Waals surface area (Å²) in [6, 6.07) is 0. The largest absolute Gasteiger partial charge is 0.465 e. The first-order valence-corrected chi connectivity index (χ1v) is 7.45. The second kappa shape index (κ2) is 7.64. The molecule has 0 aromatic carbocycles. The molecular weight excluding hydrogens is 274 g/mol. The van der Waals surface area contributed by atoms with Gasteiger partial charge in [-0.1, -0.05) is 0 Å². The van der Waals surface area contributed by atoms with Crippen LogP contribution in [0.2, 0.25) is 0 Å². The molecule has 6 heteroatoms. The van der Waals surface area contributed by atoms with Crippen molar-refractivity contribution < 1.29 is 24.2 Å². The minimum Gasteiger partial charge on any atom is -0.465 e. The second-order valence-corrected chi connectivity index (χ2v) is 6.55. The molecule has 0 saturated carbocycles. The highest BCUT2D eigenvalue weighted by Gasteiger charge is 2.30. The van der Waals surface area contributed by atoms with E-state index >= 15 is 0 Å². The van der Waals surface area contributed by atoms with Crippen LogP contribution in [0, 0.1) is 11.8 Å². The maximum absolute atomic E-state index is 12.0. The van der Waals surface area contributed by atoms with Gasteiger partial charge in [0.25, 0.3) is 0 Å². The fraction of sp³-hybridized carbons (Fsp3) is 0.867. The maximum Gasteiger partial charge on any atom is 0.410 e. The van der Waals surface area contributed by atoms with Gasteiger partial charge < -0.3 is 19.5 Å². The Kier molecular flexibility index (Phi) is 6.45. The number of likely N-dealkylation sites (tertiary alicyclic amines) is 1. The topological polar surface area (TPSA) is 76.1 Å². The maximum atomic E-state index is 12.0. The molecular formula is C15H27NO5. The number of aliphatic hydroxyl groups excluding tert-OH is 1. The minimum absolute atomic E-state index is 0.00954. The third-order valence-corrected chi connectivity index (χ3v) is 3.59. The number of carbonyl (C=O) groups excluding carboxylic acids is 2. The quantitative estimate of drug-likeness (QED) is 0.801. The lowest BCUT2D eigenvalue weighted by atomic mass is 9.85. The van der Waals surface area contributed by atoms with E-state index in [9.17, 15) is 14.7 Å². The SMILES string of the molecule is CC(=O)OC[C@@H](CO)C1CCN(C(=O)OC(C)(C)C)CC1. The van der Waals surface area contributed by atoms with Crippen molar-refractivity contribution in [3.8, 4) is 0 Å². The fourth-order valence-corrected chi connectivity index (χ4v) is 2.44. The molecule has 0 radical (unpaired) electrons. The molecule has 1 rings (SSSR count). The highest BCUT2D eigenvalue weighted by molar-refractivity contribution is 5.68. The molecule has 122 valence electrons. The van der Waals surface area contributed by atoms with Crippen molar-refractivity contribution >= 4 is 12.1 Å². The summed E-state index contributed by atoms with van der Waals surface area (Å²) in [7, 11) is 0. The van der Waals surface area contributed by atoms with Crippen molar-refractivity contribution in [3.63, 3.8) is 0 Å². The molecule has 0 bridgehead atoms. The molecule has 1 amide bonds. The smallest absolute Gasteiger partial charge is 0.410 e. The summed E-state index contributed by atoms with van der Waals surface area (Å²) in [4.78, 5) is 24.5. The number of hydrogen-bond acceptors (Lipinski definition) is 5. The van der Waals surface area contributed by atoms with Gasteiger partial charge in [0.1, 0.15) is 5.60 Å². The molecule has 1 saturated heterocycles. The molecule has 0 unspecified atom stereocenters. The van der Waals surface area contributed by atoms with Crippen molar-refractivity contribution in [1.29, 1.82) is 0 Å². The molecule has 1 aliphatic rings. The Labute approximate surface area is 126 Å². The van der Waals surface area contributed by atoms with Gasteiger partial charge in [0.05, 0.1) is 6.61 Å². The molecule has 21 heavy (non-hydrogen) atoms. The summed E-state index contributed by atoms with van der Waals surface area (Å²) in [5.41, 5.74) is -0.489. The van der Waals surface area contributed by atoms with Gasteiger partial charge in [-0.3, -0.25) is 4.79 Å². The van der Waals surface area contributed by atoms with E-state index in [0.29, 0.717) is 13.1 Å². The van der Waals surface area contributed by atoms with Crippen LogP contribution in [0.15, 0.2) is 0 Å². The lowest BCUT2D eigenvalue weighted by Gasteiger charge is -2.36. The van der Waals surface area contributed by atoms with Gasteiger partial charge in [-0.15, -0.1) is 0 Å². The highest BCUT2D eigenvalue weighted by Crippen LogP contribution is 2.26. The van der Waals surface area contributed by atoms with Gasteiger partial charge in [0.15, 0.2) is 0 Å². The van der Waals surface area contributed by atoms with Crippen LogP contribution in [0.5, 0.6) is 0 Å². The van der Waals surface area contributed by atoms with E-state index in [4.69, 9.17) is 9.47 Å². The number of carbonyl (C=O) groups is 2. The van der Waals surface area contributed by atoms with E-state index in [0.717, 1.165) is 12.8 Å². The Balaban J connectivity index is 2.43. The molecule has 1 N–H and O–H groups in total. The number of nitrogens with zero attached hydrogens (tertiary/aromatic N) is 1. The van der Waals surface area contributed by atoms with Gasteiger partial charge in [-0.05, 0) is 39.5 Å². The molecule has 1 atom stereocenters. The molecule has 0 aromatic rings. The summed E-state index contributed by atoms with van der Waals surface area (Å²) >= 11 is 0. The van der Waals surface area contributed by atoms with Crippen LogP contribution >= 0.6 is 0 Å². The van der Waals surface area contributed by atoms with Gasteiger partial charge >= 0.3 is 12.1 Å². The van der Waals surface area contributed by atoms with Gasteiger partial charge in [0.2, 0.25) is 0 Å². The van der Waals surface area contributed by atoms with Crippen molar-refractivity contribution in [1.82, 2.24) is 4.90 Å². The summed E-state index contributed by atoms with van der Waals surface area (Å²) in [5.74, 6) is -0.137. The third kappa shape index (κ3) is 6.33. The standard InChI is InChI=1S/C15H27NO5/c1-11(18)20-10-13(9-17)12-5-7-16(8-6-12)14(19)21-15(2,3)4/h12-13,17H,5-10H2,1-4H3/t13-/m1/s1. The first-order chi connectivity index (χ1) is 9.73. The zero-order valence-electron chi connectivity index (χ0n) is 13.4. The molecule has 0 aromatic heterocycles. The molecule has 0 aliphatic carbocycles. The van der Waals surface area contributed by atoms with Crippen LogP contribution < -0.4 is 0 Å². The average molecular weight is 301 g/mol. The first kappa shape index (κ1) is 17.8. The van der Waals surface area contributed by atoms with Crippen molar-refractivity contribution in [2.75, 3.05) is 26.3 Å². The molecule has 1 fully saturated rings. The number of hydrogen-bond donors (Lipinski definition) is 1. The Hall–Kier alpha value is -1.30. The molecule has 6 nitrogen and oxygen atoms in total. The minimum atomic E-state index is -0.489. The Morgan fingerprint density at radius 2 is 1.86 bits per heavy atom. The van der Waals surface area contributed by atoms with Gasteiger partial charge in [-0.2, -0.15) is 0 Å². The molecule has 0 spiro atoms. The third-order valence-electron chi connectivity index (χ3n) is 3.59. The second-order valence-electron chi connectivity index (χ2n) is 6.55. The summed E-state index contributed by atoms with van der Waals surface area (Å²) in [6.07, 6.45) is 1.28. The van der Waals surface area contributed by atoms with Gasteiger partial charge in [-0.25, -0.2) is 4.79 Å². The Morgan fingerprint density at radius 1 is 1.29 bits per heavy atom. The zero-order valence-corrected chi connectivity index (χ0v) is 13.4. The lowest BCUT2D eigenvalue weighted by Crippen LogP contribution is -2.43. The zero-order chi connectivity index (χ0) is 16.0.